The quantitative estimate of drug-likeness (QED) is 0.692. The summed E-state index contributed by atoms with van der Waals surface area (Å²) in [6.45, 7) is 2.11. The largest absolute Gasteiger partial charge is 0.493 e. The van der Waals surface area contributed by atoms with Gasteiger partial charge in [0.2, 0.25) is 0 Å². The number of quaternary nitrogens is 1. The Morgan fingerprint density at radius 2 is 1.79 bits per heavy atom. The van der Waals surface area contributed by atoms with Gasteiger partial charge in [0.1, 0.15) is 19.7 Å². The molecule has 0 atom stereocenters. The number of para-hydroxylation sites is 1. The van der Waals surface area contributed by atoms with Crippen LogP contribution in [0.3, 0.4) is 0 Å². The summed E-state index contributed by atoms with van der Waals surface area (Å²) >= 11 is 0. The molecule has 0 aliphatic carbocycles. The van der Waals surface area contributed by atoms with E-state index in [-0.39, 0.29) is 0 Å². The maximum Gasteiger partial charge on any atom is 0.170 e. The minimum absolute atomic E-state index is 0.520. The van der Waals surface area contributed by atoms with Crippen molar-refractivity contribution in [1.82, 2.24) is 0 Å². The van der Waals surface area contributed by atoms with Gasteiger partial charge in [-0.25, -0.2) is 0 Å². The smallest absolute Gasteiger partial charge is 0.170 e. The number of nitrogens with two attached hydrogens (primary N) is 1. The van der Waals surface area contributed by atoms with E-state index < -0.39 is 0 Å². The van der Waals surface area contributed by atoms with Crippen molar-refractivity contribution in [3.05, 3.63) is 83.8 Å². The lowest BCUT2D eigenvalue weighted by Gasteiger charge is -2.14. The molecule has 0 spiro atoms. The molecule has 1 heterocycles. The lowest BCUT2D eigenvalue weighted by Crippen LogP contribution is -2.80. The number of benzene rings is 2. The van der Waals surface area contributed by atoms with E-state index in [1.165, 1.54) is 0 Å². The highest BCUT2D eigenvalue weighted by atomic mass is 16.5. The second-order valence-electron chi connectivity index (χ2n) is 5.50. The van der Waals surface area contributed by atoms with E-state index in [2.05, 4.69) is 23.5 Å². The summed E-state index contributed by atoms with van der Waals surface area (Å²) in [7, 11) is 1.67. The van der Waals surface area contributed by atoms with Crippen LogP contribution in [0, 0.1) is 0 Å². The van der Waals surface area contributed by atoms with Gasteiger partial charge in [0.05, 0.1) is 18.9 Å². The predicted molar refractivity (Wildman–Crippen MR) is 91.8 cm³/mol. The van der Waals surface area contributed by atoms with E-state index in [4.69, 9.17) is 13.9 Å². The number of ether oxygens (including phenoxy) is 2. The van der Waals surface area contributed by atoms with Crippen LogP contribution in [-0.4, -0.2) is 7.11 Å². The van der Waals surface area contributed by atoms with Gasteiger partial charge in [0.25, 0.3) is 0 Å². The Morgan fingerprint density at radius 1 is 0.917 bits per heavy atom. The summed E-state index contributed by atoms with van der Waals surface area (Å²) in [6.07, 6.45) is 1.70. The molecule has 24 heavy (non-hydrogen) atoms. The van der Waals surface area contributed by atoms with Crippen molar-refractivity contribution in [2.75, 3.05) is 7.11 Å². The Labute approximate surface area is 142 Å². The Hall–Kier alpha value is -2.72. The molecule has 0 saturated heterocycles. The van der Waals surface area contributed by atoms with E-state index in [0.717, 1.165) is 41.5 Å². The van der Waals surface area contributed by atoms with Crippen molar-refractivity contribution in [3.63, 3.8) is 0 Å². The molecule has 0 aliphatic heterocycles. The second kappa shape index (κ2) is 8.22. The van der Waals surface area contributed by atoms with Gasteiger partial charge in [-0.1, -0.05) is 36.4 Å². The van der Waals surface area contributed by atoms with Crippen molar-refractivity contribution >= 4 is 0 Å². The van der Waals surface area contributed by atoms with Crippen LogP contribution in [-0.2, 0) is 19.7 Å². The van der Waals surface area contributed by atoms with Crippen LogP contribution in [0.15, 0.2) is 71.3 Å². The van der Waals surface area contributed by atoms with Crippen molar-refractivity contribution in [1.29, 1.82) is 0 Å². The summed E-state index contributed by atoms with van der Waals surface area (Å²) in [5.41, 5.74) is 2.24. The number of hydrogen-bond acceptors (Lipinski definition) is 3. The van der Waals surface area contributed by atoms with Gasteiger partial charge in [-0.3, -0.25) is 0 Å². The molecule has 124 valence electrons. The average molecular weight is 324 g/mol. The molecule has 1 aromatic heterocycles. The molecule has 0 unspecified atom stereocenters. The lowest BCUT2D eigenvalue weighted by atomic mass is 10.1. The molecule has 3 rings (SSSR count). The van der Waals surface area contributed by atoms with Gasteiger partial charge in [-0.05, 0) is 29.8 Å². The number of furan rings is 1. The fourth-order valence-electron chi connectivity index (χ4n) is 2.57. The SMILES string of the molecule is COc1cccc(C[NH2+]Cc2ccco2)c1OCc1ccccc1. The van der Waals surface area contributed by atoms with Crippen LogP contribution >= 0.6 is 0 Å². The molecule has 4 heteroatoms. The Kier molecular flexibility index (Phi) is 5.53. The van der Waals surface area contributed by atoms with Crippen molar-refractivity contribution in [2.45, 2.75) is 19.7 Å². The highest BCUT2D eigenvalue weighted by Gasteiger charge is 2.12. The fraction of sp³-hybridized carbons (Fsp3) is 0.200. The molecule has 2 aromatic carbocycles. The molecular weight excluding hydrogens is 302 g/mol. The van der Waals surface area contributed by atoms with E-state index in [1.54, 1.807) is 13.4 Å². The van der Waals surface area contributed by atoms with Crippen molar-refractivity contribution in [2.24, 2.45) is 0 Å². The van der Waals surface area contributed by atoms with Crippen LogP contribution < -0.4 is 14.8 Å². The lowest BCUT2D eigenvalue weighted by molar-refractivity contribution is -0.688. The first-order valence-corrected chi connectivity index (χ1v) is 8.03. The zero-order chi connectivity index (χ0) is 16.6. The molecule has 0 bridgehead atoms. The Balaban J connectivity index is 1.68. The molecule has 0 radical (unpaired) electrons. The van der Waals surface area contributed by atoms with E-state index in [0.29, 0.717) is 6.61 Å². The first-order chi connectivity index (χ1) is 11.9. The predicted octanol–water partition coefficient (Wildman–Crippen LogP) is 3.13. The van der Waals surface area contributed by atoms with Crippen LogP contribution in [0.25, 0.3) is 0 Å². The monoisotopic (exact) mass is 324 g/mol. The van der Waals surface area contributed by atoms with Gasteiger partial charge in [0, 0.05) is 0 Å². The number of rotatable bonds is 8. The highest BCUT2D eigenvalue weighted by Crippen LogP contribution is 2.31. The van der Waals surface area contributed by atoms with Gasteiger partial charge < -0.3 is 19.2 Å². The molecular formula is C20H22NO3+. The first kappa shape index (κ1) is 16.1. The van der Waals surface area contributed by atoms with Crippen LogP contribution in [0.2, 0.25) is 0 Å². The minimum atomic E-state index is 0.520. The Morgan fingerprint density at radius 3 is 2.54 bits per heavy atom. The van der Waals surface area contributed by atoms with Crippen molar-refractivity contribution in [3.8, 4) is 11.5 Å². The van der Waals surface area contributed by atoms with Gasteiger partial charge in [-0.2, -0.15) is 0 Å². The standard InChI is InChI=1S/C20H21NO3/c1-22-19-11-5-9-17(13-21-14-18-10-6-12-23-18)20(19)24-15-16-7-3-2-4-8-16/h2-12,21H,13-15H2,1H3/p+1. The average Bonchev–Trinajstić information content (AvgIpc) is 3.14. The van der Waals surface area contributed by atoms with Crippen LogP contribution in [0.5, 0.6) is 11.5 Å². The molecule has 0 aliphatic rings. The molecule has 3 aromatic rings. The van der Waals surface area contributed by atoms with Gasteiger partial charge in [-0.15, -0.1) is 0 Å². The summed E-state index contributed by atoms with van der Waals surface area (Å²) in [4.78, 5) is 0. The van der Waals surface area contributed by atoms with Crippen LogP contribution in [0.1, 0.15) is 16.9 Å². The normalized spacial score (nSPS) is 10.5. The second-order valence-corrected chi connectivity index (χ2v) is 5.50. The number of methoxy groups -OCH3 is 1. The van der Waals surface area contributed by atoms with E-state index >= 15 is 0 Å². The summed E-state index contributed by atoms with van der Waals surface area (Å²) in [5, 5.41) is 2.18. The molecule has 4 nitrogen and oxygen atoms in total. The molecule has 0 fully saturated rings. The maximum atomic E-state index is 6.06. The number of hydrogen-bond donors (Lipinski definition) is 1. The van der Waals surface area contributed by atoms with Crippen molar-refractivity contribution < 1.29 is 19.2 Å². The van der Waals surface area contributed by atoms with Gasteiger partial charge in [0.15, 0.2) is 17.3 Å². The molecule has 0 amide bonds. The zero-order valence-electron chi connectivity index (χ0n) is 13.8. The third-order valence-electron chi connectivity index (χ3n) is 3.80. The third-order valence-corrected chi connectivity index (χ3v) is 3.80. The Bertz CT molecular complexity index is 739. The van der Waals surface area contributed by atoms with Gasteiger partial charge >= 0.3 is 0 Å². The summed E-state index contributed by atoms with van der Waals surface area (Å²) < 4.78 is 16.9. The van der Waals surface area contributed by atoms with E-state index in [1.807, 2.05) is 42.5 Å². The topological polar surface area (TPSA) is 48.2 Å². The molecule has 2 N–H and O–H groups in total. The zero-order valence-corrected chi connectivity index (χ0v) is 13.8. The summed E-state index contributed by atoms with van der Waals surface area (Å²) in [5.74, 6) is 2.53. The fourth-order valence-corrected chi connectivity index (χ4v) is 2.57. The highest BCUT2D eigenvalue weighted by molar-refractivity contribution is 5.46. The minimum Gasteiger partial charge on any atom is -0.493 e. The van der Waals surface area contributed by atoms with E-state index in [9.17, 15) is 0 Å². The first-order valence-electron chi connectivity index (χ1n) is 8.03. The molecule has 0 saturated carbocycles. The third kappa shape index (κ3) is 4.18. The maximum absolute atomic E-state index is 6.06. The van der Waals surface area contributed by atoms with Crippen LogP contribution in [0.4, 0.5) is 0 Å². The summed E-state index contributed by atoms with van der Waals surface area (Å²) in [6, 6.07) is 20.0.